The molecular weight excluding hydrogens is 355 g/mol. The maximum Gasteiger partial charge on any atom is 0.0584 e. The van der Waals surface area contributed by atoms with Gasteiger partial charge in [-0.05, 0) is 35.7 Å². The molecule has 5 heteroatoms. The fraction of sp³-hybridized carbons (Fsp3) is 0.300. The Labute approximate surface area is 158 Å². The molecule has 0 saturated heterocycles. The highest BCUT2D eigenvalue weighted by molar-refractivity contribution is 6.35. The summed E-state index contributed by atoms with van der Waals surface area (Å²) in [6, 6.07) is 14.1. The second kappa shape index (κ2) is 8.24. The molecule has 0 unspecified atom stereocenters. The number of aliphatic hydroxyl groups excluding tert-OH is 1. The lowest BCUT2D eigenvalue weighted by Crippen LogP contribution is -2.31. The van der Waals surface area contributed by atoms with Gasteiger partial charge in [0.2, 0.25) is 0 Å². The van der Waals surface area contributed by atoms with Gasteiger partial charge in [-0.3, -0.25) is 0 Å². The van der Waals surface area contributed by atoms with Gasteiger partial charge < -0.3 is 15.0 Å². The maximum absolute atomic E-state index is 9.38. The topological polar surface area (TPSA) is 37.2 Å². The smallest absolute Gasteiger partial charge is 0.0584 e. The molecule has 0 radical (unpaired) electrons. The number of rotatable bonds is 7. The predicted molar refractivity (Wildman–Crippen MR) is 106 cm³/mol. The van der Waals surface area contributed by atoms with E-state index in [0.717, 1.165) is 18.5 Å². The van der Waals surface area contributed by atoms with Gasteiger partial charge in [-0.1, -0.05) is 54.4 Å². The molecule has 132 valence electrons. The van der Waals surface area contributed by atoms with Crippen LogP contribution in [0.5, 0.6) is 0 Å². The SMILES string of the molecule is CC[C@H](CO)NCc1cn(Cc2ccc(Cl)cc2Cl)c2ccccc12. The molecule has 0 aliphatic carbocycles. The molecule has 3 aromatic rings. The number of aliphatic hydroxyl groups is 1. The van der Waals surface area contributed by atoms with Crippen LogP contribution in [0.2, 0.25) is 10.0 Å². The molecule has 0 bridgehead atoms. The number of hydrogen-bond donors (Lipinski definition) is 2. The van der Waals surface area contributed by atoms with Crippen LogP contribution in [0.4, 0.5) is 0 Å². The molecule has 3 nitrogen and oxygen atoms in total. The van der Waals surface area contributed by atoms with Crippen LogP contribution < -0.4 is 5.32 Å². The van der Waals surface area contributed by atoms with E-state index in [9.17, 15) is 5.11 Å². The lowest BCUT2D eigenvalue weighted by atomic mass is 10.1. The summed E-state index contributed by atoms with van der Waals surface area (Å²) in [4.78, 5) is 0. The van der Waals surface area contributed by atoms with Gasteiger partial charge in [0.15, 0.2) is 0 Å². The van der Waals surface area contributed by atoms with Crippen LogP contribution >= 0.6 is 23.2 Å². The average molecular weight is 377 g/mol. The van der Waals surface area contributed by atoms with Crippen LogP contribution in [0, 0.1) is 0 Å². The van der Waals surface area contributed by atoms with Crippen molar-refractivity contribution in [2.45, 2.75) is 32.5 Å². The van der Waals surface area contributed by atoms with Gasteiger partial charge in [-0.15, -0.1) is 0 Å². The van der Waals surface area contributed by atoms with Crippen molar-refractivity contribution in [1.82, 2.24) is 9.88 Å². The van der Waals surface area contributed by atoms with Crippen molar-refractivity contribution in [3.63, 3.8) is 0 Å². The second-order valence-electron chi connectivity index (χ2n) is 6.20. The number of para-hydroxylation sites is 1. The highest BCUT2D eigenvalue weighted by atomic mass is 35.5. The van der Waals surface area contributed by atoms with Gasteiger partial charge in [0.05, 0.1) is 6.61 Å². The number of nitrogens with one attached hydrogen (secondary N) is 1. The molecule has 1 atom stereocenters. The molecule has 0 saturated carbocycles. The zero-order valence-electron chi connectivity index (χ0n) is 14.2. The van der Waals surface area contributed by atoms with E-state index >= 15 is 0 Å². The summed E-state index contributed by atoms with van der Waals surface area (Å²) in [6.45, 7) is 3.63. The first-order valence-electron chi connectivity index (χ1n) is 8.47. The third kappa shape index (κ3) is 4.18. The fourth-order valence-corrected chi connectivity index (χ4v) is 3.49. The number of fused-ring (bicyclic) bond motifs is 1. The Bertz CT molecular complexity index is 856. The number of hydrogen-bond acceptors (Lipinski definition) is 2. The molecule has 2 aromatic carbocycles. The summed E-state index contributed by atoms with van der Waals surface area (Å²) in [6.07, 6.45) is 3.06. The summed E-state index contributed by atoms with van der Waals surface area (Å²) in [5.41, 5.74) is 3.42. The Morgan fingerprint density at radius 3 is 2.64 bits per heavy atom. The summed E-state index contributed by atoms with van der Waals surface area (Å²) < 4.78 is 2.21. The summed E-state index contributed by atoms with van der Waals surface area (Å²) >= 11 is 12.3. The van der Waals surface area contributed by atoms with Crippen molar-refractivity contribution in [2.24, 2.45) is 0 Å². The average Bonchev–Trinajstić information content (AvgIpc) is 2.96. The summed E-state index contributed by atoms with van der Waals surface area (Å²) in [7, 11) is 0. The minimum absolute atomic E-state index is 0.118. The monoisotopic (exact) mass is 376 g/mol. The van der Waals surface area contributed by atoms with E-state index in [1.165, 1.54) is 16.5 Å². The van der Waals surface area contributed by atoms with Crippen molar-refractivity contribution in [3.8, 4) is 0 Å². The molecule has 0 aliphatic rings. The molecule has 2 N–H and O–H groups in total. The van der Waals surface area contributed by atoms with E-state index in [0.29, 0.717) is 16.6 Å². The first-order valence-corrected chi connectivity index (χ1v) is 9.23. The normalized spacial score (nSPS) is 12.6. The van der Waals surface area contributed by atoms with Crippen LogP contribution in [0.25, 0.3) is 10.9 Å². The van der Waals surface area contributed by atoms with E-state index in [1.807, 2.05) is 18.2 Å². The Morgan fingerprint density at radius 1 is 1.12 bits per heavy atom. The zero-order valence-corrected chi connectivity index (χ0v) is 15.7. The Balaban J connectivity index is 1.90. The van der Waals surface area contributed by atoms with Crippen molar-refractivity contribution < 1.29 is 5.11 Å². The molecule has 0 spiro atoms. The van der Waals surface area contributed by atoms with E-state index in [1.54, 1.807) is 6.07 Å². The quantitative estimate of drug-likeness (QED) is 0.617. The van der Waals surface area contributed by atoms with Crippen LogP contribution in [0.3, 0.4) is 0 Å². The van der Waals surface area contributed by atoms with E-state index in [4.69, 9.17) is 23.2 Å². The van der Waals surface area contributed by atoms with E-state index in [-0.39, 0.29) is 12.6 Å². The van der Waals surface area contributed by atoms with Crippen molar-refractivity contribution >= 4 is 34.1 Å². The Kier molecular flexibility index (Phi) is 6.02. The second-order valence-corrected chi connectivity index (χ2v) is 7.05. The first-order chi connectivity index (χ1) is 12.1. The maximum atomic E-state index is 9.38. The van der Waals surface area contributed by atoms with Gasteiger partial charge in [-0.2, -0.15) is 0 Å². The lowest BCUT2D eigenvalue weighted by Gasteiger charge is -2.13. The van der Waals surface area contributed by atoms with Crippen LogP contribution in [0.1, 0.15) is 24.5 Å². The van der Waals surface area contributed by atoms with Gasteiger partial charge in [0, 0.05) is 46.3 Å². The zero-order chi connectivity index (χ0) is 17.8. The summed E-state index contributed by atoms with van der Waals surface area (Å²) in [5.74, 6) is 0. The third-order valence-electron chi connectivity index (χ3n) is 4.52. The highest BCUT2D eigenvalue weighted by Gasteiger charge is 2.11. The van der Waals surface area contributed by atoms with Crippen molar-refractivity contribution in [1.29, 1.82) is 0 Å². The largest absolute Gasteiger partial charge is 0.395 e. The summed E-state index contributed by atoms with van der Waals surface area (Å²) in [5, 5.41) is 15.3. The van der Waals surface area contributed by atoms with Gasteiger partial charge in [-0.25, -0.2) is 0 Å². The number of halogens is 2. The molecule has 0 amide bonds. The first kappa shape index (κ1) is 18.3. The van der Waals surface area contributed by atoms with Crippen LogP contribution in [0.15, 0.2) is 48.7 Å². The predicted octanol–water partition coefficient (Wildman–Crippen LogP) is 4.86. The molecular formula is C20H22Cl2N2O. The van der Waals surface area contributed by atoms with Crippen molar-refractivity contribution in [3.05, 3.63) is 69.8 Å². The molecule has 0 fully saturated rings. The molecule has 3 rings (SSSR count). The highest BCUT2D eigenvalue weighted by Crippen LogP contribution is 2.26. The number of aromatic nitrogens is 1. The van der Waals surface area contributed by atoms with Crippen LogP contribution in [-0.2, 0) is 13.1 Å². The molecule has 25 heavy (non-hydrogen) atoms. The Morgan fingerprint density at radius 2 is 1.92 bits per heavy atom. The van der Waals surface area contributed by atoms with Crippen LogP contribution in [-0.4, -0.2) is 22.3 Å². The van der Waals surface area contributed by atoms with E-state index < -0.39 is 0 Å². The van der Waals surface area contributed by atoms with Gasteiger partial charge >= 0.3 is 0 Å². The minimum atomic E-state index is 0.118. The molecule has 1 heterocycles. The van der Waals surface area contributed by atoms with Gasteiger partial charge in [0.25, 0.3) is 0 Å². The standard InChI is InChI=1S/C20H22Cl2N2O/c1-2-17(13-25)23-10-15-12-24(20-6-4-3-5-18(15)20)11-14-7-8-16(21)9-19(14)22/h3-9,12,17,23,25H,2,10-11,13H2,1H3/t17-/m1/s1. The number of nitrogens with zero attached hydrogens (tertiary/aromatic N) is 1. The third-order valence-corrected chi connectivity index (χ3v) is 5.11. The van der Waals surface area contributed by atoms with Gasteiger partial charge in [0.1, 0.15) is 0 Å². The molecule has 1 aromatic heterocycles. The number of benzene rings is 2. The fourth-order valence-electron chi connectivity index (χ4n) is 3.02. The Hall–Kier alpha value is -1.52. The van der Waals surface area contributed by atoms with Crippen molar-refractivity contribution in [2.75, 3.05) is 6.61 Å². The van der Waals surface area contributed by atoms with E-state index in [2.05, 4.69) is 41.2 Å². The lowest BCUT2D eigenvalue weighted by molar-refractivity contribution is 0.238. The molecule has 0 aliphatic heterocycles. The minimum Gasteiger partial charge on any atom is -0.395 e.